The molecule has 3 aliphatic heterocycles. The number of rotatable bonds is 6. The monoisotopic (exact) mass is 488 g/mol. The van der Waals surface area contributed by atoms with E-state index < -0.39 is 17.5 Å². The van der Waals surface area contributed by atoms with E-state index in [1.807, 2.05) is 18.5 Å². The third-order valence-corrected chi connectivity index (χ3v) is 7.99. The van der Waals surface area contributed by atoms with Crippen LogP contribution in [0, 0.1) is 0 Å². The summed E-state index contributed by atoms with van der Waals surface area (Å²) in [5.74, 6) is 0.994. The van der Waals surface area contributed by atoms with Gasteiger partial charge in [-0.2, -0.15) is 18.2 Å². The lowest BCUT2D eigenvalue weighted by Gasteiger charge is -2.53. The summed E-state index contributed by atoms with van der Waals surface area (Å²) >= 11 is 0. The first-order valence-corrected chi connectivity index (χ1v) is 12.4. The van der Waals surface area contributed by atoms with Crippen LogP contribution in [0.1, 0.15) is 49.1 Å². The molecule has 0 aliphatic carbocycles. The molecule has 35 heavy (non-hydrogen) atoms. The molecule has 3 aliphatic rings. The Labute approximate surface area is 203 Å². The summed E-state index contributed by atoms with van der Waals surface area (Å²) in [5, 5.41) is 7.26. The van der Waals surface area contributed by atoms with Gasteiger partial charge in [-0.25, -0.2) is 9.47 Å². The molecule has 0 radical (unpaired) electrons. The van der Waals surface area contributed by atoms with Crippen molar-refractivity contribution < 1.29 is 13.2 Å². The number of nitrogens with two attached hydrogens (primary N) is 1. The van der Waals surface area contributed by atoms with Crippen LogP contribution in [-0.4, -0.2) is 53.4 Å². The van der Waals surface area contributed by atoms with Gasteiger partial charge in [0.1, 0.15) is 12.1 Å². The predicted molar refractivity (Wildman–Crippen MR) is 130 cm³/mol. The highest BCUT2D eigenvalue weighted by atomic mass is 19.4. The fourth-order valence-electron chi connectivity index (χ4n) is 6.02. The molecule has 5 rings (SSSR count). The lowest BCUT2D eigenvalue weighted by molar-refractivity contribution is -0.137. The predicted octanol–water partition coefficient (Wildman–Crippen LogP) is 3.77. The van der Waals surface area contributed by atoms with Gasteiger partial charge in [0.2, 0.25) is 5.82 Å². The Kier molecular flexibility index (Phi) is 6.35. The number of piperidine rings is 1. The number of likely N-dealkylation sites (tertiary alicyclic amines) is 2. The third kappa shape index (κ3) is 4.56. The van der Waals surface area contributed by atoms with E-state index in [2.05, 4.69) is 25.5 Å². The van der Waals surface area contributed by atoms with Crippen LogP contribution in [0.5, 0.6) is 0 Å². The van der Waals surface area contributed by atoms with Gasteiger partial charge in [0.15, 0.2) is 0 Å². The van der Waals surface area contributed by atoms with Crippen molar-refractivity contribution in [1.29, 1.82) is 0 Å². The molecule has 4 N–H and O–H groups in total. The molecule has 4 heterocycles. The molecule has 1 aromatic carbocycles. The summed E-state index contributed by atoms with van der Waals surface area (Å²) in [6, 6.07) is 7.51. The lowest BCUT2D eigenvalue weighted by atomic mass is 9.86. The molecule has 2 aromatic rings. The summed E-state index contributed by atoms with van der Waals surface area (Å²) in [6.07, 6.45) is 6.10. The van der Waals surface area contributed by atoms with Crippen LogP contribution >= 0.6 is 0 Å². The molecule has 0 bridgehead atoms. The highest BCUT2D eigenvalue weighted by Crippen LogP contribution is 2.42. The number of alkyl halides is 3. The topological polar surface area (TPSA) is 79.1 Å². The normalized spacial score (nSPS) is 26.4. The van der Waals surface area contributed by atoms with Crippen molar-refractivity contribution in [2.45, 2.75) is 50.0 Å². The summed E-state index contributed by atoms with van der Waals surface area (Å²) in [4.78, 5) is 11.3. The first-order chi connectivity index (χ1) is 16.8. The maximum absolute atomic E-state index is 13.0. The van der Waals surface area contributed by atoms with E-state index in [-0.39, 0.29) is 5.92 Å². The van der Waals surface area contributed by atoms with Gasteiger partial charge < -0.3 is 21.3 Å². The van der Waals surface area contributed by atoms with Crippen molar-refractivity contribution in [2.75, 3.05) is 38.5 Å². The summed E-state index contributed by atoms with van der Waals surface area (Å²) < 4.78 is 39.7. The average molecular weight is 489 g/mol. The minimum Gasteiger partial charge on any atom is -0.383 e. The van der Waals surface area contributed by atoms with E-state index in [1.54, 1.807) is 12.1 Å². The molecule has 0 spiro atoms. The molecular formula is C25H33F3N7+. The van der Waals surface area contributed by atoms with Gasteiger partial charge in [0.05, 0.1) is 31.1 Å². The summed E-state index contributed by atoms with van der Waals surface area (Å²) in [7, 11) is 0. The number of anilines is 1. The van der Waals surface area contributed by atoms with Crippen molar-refractivity contribution in [1.82, 2.24) is 30.0 Å². The van der Waals surface area contributed by atoms with Crippen LogP contribution < -0.4 is 20.9 Å². The largest absolute Gasteiger partial charge is 0.416 e. The highest BCUT2D eigenvalue weighted by Gasteiger charge is 2.56. The number of benzene rings is 1. The van der Waals surface area contributed by atoms with Crippen LogP contribution in [-0.2, 0) is 6.18 Å². The minimum atomic E-state index is -4.32. The van der Waals surface area contributed by atoms with Crippen LogP contribution in [0.3, 0.4) is 0 Å². The number of hydrogen-bond acceptors (Lipinski definition) is 6. The first kappa shape index (κ1) is 23.9. The molecule has 0 atom stereocenters. The van der Waals surface area contributed by atoms with E-state index in [4.69, 9.17) is 5.73 Å². The molecule has 2 fully saturated rings. The first-order valence-electron chi connectivity index (χ1n) is 12.4. The van der Waals surface area contributed by atoms with Crippen LogP contribution in [0.2, 0.25) is 0 Å². The Morgan fingerprint density at radius 1 is 1.03 bits per heavy atom. The Bertz CT molecular complexity index is 1030. The number of quaternary nitrogens is 1. The Balaban J connectivity index is 1.42. The van der Waals surface area contributed by atoms with E-state index in [0.717, 1.165) is 63.4 Å². The van der Waals surface area contributed by atoms with Gasteiger partial charge in [0.25, 0.3) is 5.79 Å². The smallest absolute Gasteiger partial charge is 0.383 e. The van der Waals surface area contributed by atoms with Crippen molar-refractivity contribution in [2.24, 2.45) is 0 Å². The van der Waals surface area contributed by atoms with Gasteiger partial charge in [-0.15, -0.1) is 0 Å². The summed E-state index contributed by atoms with van der Waals surface area (Å²) in [5.41, 5.74) is 6.44. The second kappa shape index (κ2) is 9.31. The highest BCUT2D eigenvalue weighted by molar-refractivity contribution is 5.46. The van der Waals surface area contributed by atoms with E-state index in [0.29, 0.717) is 10.3 Å². The van der Waals surface area contributed by atoms with Crippen molar-refractivity contribution >= 4 is 11.6 Å². The van der Waals surface area contributed by atoms with Crippen LogP contribution in [0.4, 0.5) is 24.8 Å². The molecule has 2 saturated heterocycles. The van der Waals surface area contributed by atoms with E-state index in [1.165, 1.54) is 31.3 Å². The minimum absolute atomic E-state index is 0.188. The Morgan fingerprint density at radius 3 is 2.29 bits per heavy atom. The SMILES string of the molecule is Nc1cc([N+]2(C3(CCN4CCCC4)NC=CN3)CCC(c3ccc(C(F)(F)F)cc3)CC2)ncn1. The zero-order chi connectivity index (χ0) is 24.5. The second-order valence-corrected chi connectivity index (χ2v) is 9.89. The zero-order valence-electron chi connectivity index (χ0n) is 19.8. The standard InChI is InChI=1S/C25H33F3N7/c26-25(27,28)21-5-3-19(4-6-21)20-7-15-35(16-8-20,23-17-22(29)30-18-31-23)24(32-10-11-33-24)9-14-34-12-1-2-13-34/h3-6,10-11,17-18,20,32-33H,1-2,7-9,12-16H2,(H2,29,30,31)/q+1. The van der Waals surface area contributed by atoms with E-state index in [9.17, 15) is 13.2 Å². The Hall–Kier alpha value is -2.85. The average Bonchev–Trinajstić information content (AvgIpc) is 3.55. The number of nitrogens with one attached hydrogen (secondary N) is 2. The number of nitrogen functional groups attached to an aromatic ring is 1. The number of hydrogen-bond donors (Lipinski definition) is 3. The number of nitrogens with zero attached hydrogens (tertiary/aromatic N) is 4. The quantitative estimate of drug-likeness (QED) is 0.538. The zero-order valence-corrected chi connectivity index (χ0v) is 19.8. The molecular weight excluding hydrogens is 455 g/mol. The summed E-state index contributed by atoms with van der Waals surface area (Å²) in [6.45, 7) is 4.75. The van der Waals surface area contributed by atoms with Crippen molar-refractivity contribution in [3.05, 3.63) is 60.2 Å². The van der Waals surface area contributed by atoms with Crippen LogP contribution in [0.15, 0.2) is 49.1 Å². The Morgan fingerprint density at radius 2 is 1.69 bits per heavy atom. The third-order valence-electron chi connectivity index (χ3n) is 7.99. The van der Waals surface area contributed by atoms with Crippen molar-refractivity contribution in [3.63, 3.8) is 0 Å². The van der Waals surface area contributed by atoms with Gasteiger partial charge in [-0.05, 0) is 49.5 Å². The fourth-order valence-corrected chi connectivity index (χ4v) is 6.02. The maximum atomic E-state index is 13.0. The molecule has 0 saturated carbocycles. The van der Waals surface area contributed by atoms with Gasteiger partial charge in [0, 0.05) is 31.8 Å². The maximum Gasteiger partial charge on any atom is 0.416 e. The second-order valence-electron chi connectivity index (χ2n) is 9.89. The van der Waals surface area contributed by atoms with Crippen LogP contribution in [0.25, 0.3) is 0 Å². The molecule has 1 aromatic heterocycles. The van der Waals surface area contributed by atoms with E-state index >= 15 is 0 Å². The molecule has 7 nitrogen and oxygen atoms in total. The number of halogens is 3. The van der Waals surface area contributed by atoms with Gasteiger partial charge in [-0.1, -0.05) is 12.1 Å². The van der Waals surface area contributed by atoms with Crippen molar-refractivity contribution in [3.8, 4) is 0 Å². The molecule has 10 heteroatoms. The molecule has 0 unspecified atom stereocenters. The lowest BCUT2D eigenvalue weighted by Crippen LogP contribution is -2.77. The fraction of sp³-hybridized carbons (Fsp3) is 0.520. The molecule has 0 amide bonds. The number of aromatic nitrogens is 2. The molecule has 188 valence electrons. The van der Waals surface area contributed by atoms with Gasteiger partial charge >= 0.3 is 6.18 Å². The van der Waals surface area contributed by atoms with Gasteiger partial charge in [-0.3, -0.25) is 0 Å².